The lowest BCUT2D eigenvalue weighted by Crippen LogP contribution is -2.33. The molecule has 9 nitrogen and oxygen atoms in total. The summed E-state index contributed by atoms with van der Waals surface area (Å²) in [7, 11) is 1.79. The Morgan fingerprint density at radius 3 is 2.83 bits per heavy atom. The fourth-order valence-corrected chi connectivity index (χ4v) is 5.25. The molecule has 1 spiro atoms. The average Bonchev–Trinajstić information content (AvgIpc) is 3.44. The third-order valence-electron chi connectivity index (χ3n) is 6.83. The highest BCUT2D eigenvalue weighted by atomic mass is 19.4. The van der Waals surface area contributed by atoms with Crippen LogP contribution < -0.4 is 15.0 Å². The van der Waals surface area contributed by atoms with Gasteiger partial charge in [0.2, 0.25) is 0 Å². The number of halogens is 3. The number of carbonyl (C=O) groups is 1. The van der Waals surface area contributed by atoms with E-state index in [2.05, 4.69) is 30.0 Å². The van der Waals surface area contributed by atoms with Gasteiger partial charge in [-0.15, -0.1) is 13.2 Å². The molecule has 0 aromatic carbocycles. The number of aromatic nitrogens is 5. The smallest absolute Gasteiger partial charge is 0.406 e. The number of ether oxygens (including phenoxy) is 1. The molecule has 190 valence electrons. The van der Waals surface area contributed by atoms with Gasteiger partial charge in [-0.25, -0.2) is 15.0 Å². The lowest BCUT2D eigenvalue weighted by Gasteiger charge is -2.36. The van der Waals surface area contributed by atoms with Crippen LogP contribution in [0.1, 0.15) is 32.1 Å². The van der Waals surface area contributed by atoms with Gasteiger partial charge in [-0.1, -0.05) is 6.42 Å². The molecule has 1 aliphatic carbocycles. The van der Waals surface area contributed by atoms with Crippen LogP contribution in [-0.4, -0.2) is 50.5 Å². The first-order valence-corrected chi connectivity index (χ1v) is 11.8. The highest BCUT2D eigenvalue weighted by molar-refractivity contribution is 5.64. The minimum absolute atomic E-state index is 0.0850. The second kappa shape index (κ2) is 9.40. The first kappa shape index (κ1) is 24.0. The first-order valence-electron chi connectivity index (χ1n) is 11.8. The number of hydrogen-bond acceptors (Lipinski definition) is 8. The van der Waals surface area contributed by atoms with Crippen LogP contribution in [0.25, 0.3) is 11.4 Å². The number of anilines is 3. The van der Waals surface area contributed by atoms with Crippen LogP contribution in [-0.2, 0) is 11.8 Å². The lowest BCUT2D eigenvalue weighted by atomic mass is 9.69. The molecule has 1 saturated carbocycles. The normalized spacial score (nSPS) is 22.1. The molecule has 1 saturated heterocycles. The number of carbonyl (C=O) groups excluding carboxylic acids is 1. The van der Waals surface area contributed by atoms with E-state index in [1.807, 2.05) is 0 Å². The molecule has 0 radical (unpaired) electrons. The maximum Gasteiger partial charge on any atom is 0.573 e. The van der Waals surface area contributed by atoms with Gasteiger partial charge in [0.05, 0.1) is 11.8 Å². The van der Waals surface area contributed by atoms with Crippen molar-refractivity contribution in [2.24, 2.45) is 18.4 Å². The Kier molecular flexibility index (Phi) is 6.27. The largest absolute Gasteiger partial charge is 0.573 e. The van der Waals surface area contributed by atoms with Crippen LogP contribution in [0.2, 0.25) is 0 Å². The summed E-state index contributed by atoms with van der Waals surface area (Å²) in [5, 5.41) is 7.19. The monoisotopic (exact) mass is 501 g/mol. The van der Waals surface area contributed by atoms with E-state index in [9.17, 15) is 18.0 Å². The van der Waals surface area contributed by atoms with Crippen molar-refractivity contribution in [3.63, 3.8) is 0 Å². The quantitative estimate of drug-likeness (QED) is 0.493. The number of nitrogens with one attached hydrogen (secondary N) is 1. The highest BCUT2D eigenvalue weighted by Crippen LogP contribution is 2.46. The van der Waals surface area contributed by atoms with Gasteiger partial charge in [0.1, 0.15) is 29.5 Å². The van der Waals surface area contributed by atoms with Gasteiger partial charge >= 0.3 is 6.36 Å². The van der Waals surface area contributed by atoms with E-state index >= 15 is 0 Å². The fraction of sp³-hybridized carbons (Fsp3) is 0.458. The Morgan fingerprint density at radius 2 is 2.08 bits per heavy atom. The number of hydrogen-bond donors (Lipinski definition) is 1. The third kappa shape index (κ3) is 5.42. The number of aryl methyl sites for hydroxylation is 1. The molecule has 1 N–H and O–H groups in total. The van der Waals surface area contributed by atoms with Gasteiger partial charge in [0, 0.05) is 50.6 Å². The van der Waals surface area contributed by atoms with Crippen LogP contribution in [0, 0.1) is 11.3 Å². The van der Waals surface area contributed by atoms with E-state index in [1.165, 1.54) is 6.20 Å². The summed E-state index contributed by atoms with van der Waals surface area (Å²) in [6, 6.07) is 4.05. The van der Waals surface area contributed by atoms with Crippen LogP contribution in [0.3, 0.4) is 0 Å². The molecule has 3 aromatic rings. The zero-order chi connectivity index (χ0) is 25.3. The Labute approximate surface area is 205 Å². The van der Waals surface area contributed by atoms with E-state index in [4.69, 9.17) is 4.98 Å². The highest BCUT2D eigenvalue weighted by Gasteiger charge is 2.42. The van der Waals surface area contributed by atoms with Crippen molar-refractivity contribution in [1.82, 2.24) is 24.7 Å². The molecular formula is C24H26F3N7O2. The molecule has 2 fully saturated rings. The van der Waals surface area contributed by atoms with Crippen molar-refractivity contribution in [1.29, 1.82) is 0 Å². The molecule has 2 aliphatic rings. The number of pyridine rings is 1. The maximum atomic E-state index is 12.6. The number of aldehydes is 1. The Morgan fingerprint density at radius 1 is 1.22 bits per heavy atom. The van der Waals surface area contributed by atoms with Gasteiger partial charge in [0.25, 0.3) is 0 Å². The van der Waals surface area contributed by atoms with E-state index in [-0.39, 0.29) is 22.9 Å². The minimum atomic E-state index is -4.80. The molecule has 4 heterocycles. The van der Waals surface area contributed by atoms with Crippen molar-refractivity contribution in [3.05, 3.63) is 36.8 Å². The van der Waals surface area contributed by atoms with E-state index < -0.39 is 6.36 Å². The summed E-state index contributed by atoms with van der Waals surface area (Å²) in [5.41, 5.74) is 0.791. The van der Waals surface area contributed by atoms with E-state index in [0.29, 0.717) is 23.0 Å². The van der Waals surface area contributed by atoms with Gasteiger partial charge in [-0.3, -0.25) is 4.68 Å². The van der Waals surface area contributed by atoms with Crippen molar-refractivity contribution in [2.45, 2.75) is 38.5 Å². The molecule has 0 bridgehead atoms. The second-order valence-electron chi connectivity index (χ2n) is 9.55. The SMILES string of the molecule is Cn1cc(-c2nc(Nc3cc(OC(F)(F)F)ccn3)cc(N3CCC4(CCCC(C=O)C4)C3)n2)cn1. The molecule has 36 heavy (non-hydrogen) atoms. The first-order chi connectivity index (χ1) is 17.2. The minimum Gasteiger partial charge on any atom is -0.406 e. The predicted octanol–water partition coefficient (Wildman–Crippen LogP) is 4.50. The van der Waals surface area contributed by atoms with E-state index in [1.54, 1.807) is 30.2 Å². The van der Waals surface area contributed by atoms with Crippen molar-refractivity contribution < 1.29 is 22.7 Å². The zero-order valence-corrected chi connectivity index (χ0v) is 19.7. The van der Waals surface area contributed by atoms with Crippen LogP contribution in [0.5, 0.6) is 5.75 Å². The second-order valence-corrected chi connectivity index (χ2v) is 9.55. The summed E-state index contributed by atoms with van der Waals surface area (Å²) in [6.45, 7) is 1.58. The predicted molar refractivity (Wildman–Crippen MR) is 126 cm³/mol. The van der Waals surface area contributed by atoms with Gasteiger partial charge in [-0.2, -0.15) is 5.10 Å². The topological polar surface area (TPSA) is 98.1 Å². The molecule has 3 aromatic heterocycles. The van der Waals surface area contributed by atoms with Gasteiger partial charge < -0.3 is 19.7 Å². The van der Waals surface area contributed by atoms with Gasteiger partial charge in [-0.05, 0) is 37.2 Å². The number of rotatable bonds is 6. The fourth-order valence-electron chi connectivity index (χ4n) is 5.25. The summed E-state index contributed by atoms with van der Waals surface area (Å²) in [6.07, 6.45) is 5.88. The Bertz CT molecular complexity index is 1250. The summed E-state index contributed by atoms with van der Waals surface area (Å²) in [5.74, 6) is 1.37. The summed E-state index contributed by atoms with van der Waals surface area (Å²) < 4.78 is 43.6. The number of nitrogens with zero attached hydrogens (tertiary/aromatic N) is 6. The van der Waals surface area contributed by atoms with Crippen molar-refractivity contribution in [3.8, 4) is 17.1 Å². The lowest BCUT2D eigenvalue weighted by molar-refractivity contribution is -0.274. The molecule has 5 rings (SSSR count). The molecule has 0 amide bonds. The maximum absolute atomic E-state index is 12.6. The van der Waals surface area contributed by atoms with Crippen LogP contribution >= 0.6 is 0 Å². The standard InChI is InChI=1S/C24H26F3N7O2/c1-33-13-17(12-29-33)22-31-20(30-19-9-18(4-7-28-19)36-24(25,26)27)10-21(32-22)34-8-6-23(15-34)5-2-3-16(11-23)14-35/h4,7,9-10,12-14,16H,2-3,5-6,8,11,15H2,1H3,(H,28,30,31,32). The number of alkyl halides is 3. The van der Waals surface area contributed by atoms with Crippen molar-refractivity contribution >= 4 is 23.7 Å². The zero-order valence-electron chi connectivity index (χ0n) is 19.7. The summed E-state index contributed by atoms with van der Waals surface area (Å²) >= 11 is 0. The molecular weight excluding hydrogens is 475 g/mol. The Hall–Kier alpha value is -3.70. The average molecular weight is 502 g/mol. The Balaban J connectivity index is 1.44. The molecule has 2 atom stereocenters. The summed E-state index contributed by atoms with van der Waals surface area (Å²) in [4.78, 5) is 27.1. The molecule has 1 aliphatic heterocycles. The van der Waals surface area contributed by atoms with Crippen LogP contribution in [0.4, 0.5) is 30.6 Å². The van der Waals surface area contributed by atoms with Crippen molar-refractivity contribution in [2.75, 3.05) is 23.3 Å². The van der Waals surface area contributed by atoms with E-state index in [0.717, 1.165) is 63.6 Å². The third-order valence-corrected chi connectivity index (χ3v) is 6.83. The molecule has 2 unspecified atom stereocenters. The molecule has 12 heteroatoms. The van der Waals surface area contributed by atoms with Crippen LogP contribution in [0.15, 0.2) is 36.8 Å². The van der Waals surface area contributed by atoms with Gasteiger partial charge in [0.15, 0.2) is 5.82 Å².